The zero-order chi connectivity index (χ0) is 20.2. The maximum Gasteiger partial charge on any atom is 0.254 e. The molecule has 148 valence electrons. The predicted octanol–water partition coefficient (Wildman–Crippen LogP) is 4.04. The van der Waals surface area contributed by atoms with Crippen molar-refractivity contribution < 1.29 is 9.59 Å². The minimum absolute atomic E-state index is 0.0814. The van der Waals surface area contributed by atoms with Crippen LogP contribution in [0, 0.1) is 6.92 Å². The number of carbonyl (C=O) groups excluding carboxylic acids is 2. The van der Waals surface area contributed by atoms with Gasteiger partial charge in [-0.3, -0.25) is 9.59 Å². The average molecular weight is 406 g/mol. The van der Waals surface area contributed by atoms with Crippen molar-refractivity contribution in [3.05, 3.63) is 82.4 Å². The maximum absolute atomic E-state index is 13.3. The number of rotatable bonds is 4. The molecule has 3 aromatic rings. The highest BCUT2D eigenvalue weighted by atomic mass is 32.1. The minimum Gasteiger partial charge on any atom is -0.346 e. The van der Waals surface area contributed by atoms with Crippen molar-refractivity contribution >= 4 is 28.2 Å². The molecule has 0 N–H and O–H groups in total. The van der Waals surface area contributed by atoms with Gasteiger partial charge in [-0.2, -0.15) is 0 Å². The highest BCUT2D eigenvalue weighted by Crippen LogP contribution is 2.23. The number of anilines is 1. The molecule has 1 aromatic heterocycles. The Bertz CT molecular complexity index is 1020. The lowest BCUT2D eigenvalue weighted by Crippen LogP contribution is -2.36. The molecular weight excluding hydrogens is 382 g/mol. The molecule has 1 saturated heterocycles. The molecule has 1 fully saturated rings. The molecular formula is C23H23N3O2S. The lowest BCUT2D eigenvalue weighted by atomic mass is 9.97. The first-order chi connectivity index (χ1) is 14.1. The SMILES string of the molecule is Cc1csc(N2CCCN(C(=O)c3ccccc3C(=O)c3ccccc3)CC2)n1. The standard InChI is InChI=1S/C23H23N3O2S/c1-17-16-29-23(24-17)26-13-7-12-25(14-15-26)22(28)20-11-6-5-10-19(20)21(27)18-8-3-2-4-9-18/h2-6,8-11,16H,7,12-15H2,1H3. The number of carbonyl (C=O) groups is 2. The molecule has 6 heteroatoms. The third-order valence-corrected chi connectivity index (χ3v) is 6.12. The van der Waals surface area contributed by atoms with Gasteiger partial charge in [0.1, 0.15) is 0 Å². The first-order valence-electron chi connectivity index (χ1n) is 9.78. The van der Waals surface area contributed by atoms with Crippen LogP contribution in [0.5, 0.6) is 0 Å². The topological polar surface area (TPSA) is 53.5 Å². The summed E-state index contributed by atoms with van der Waals surface area (Å²) in [5.41, 5.74) is 2.55. The Labute approximate surface area is 174 Å². The molecule has 0 bridgehead atoms. The van der Waals surface area contributed by atoms with Crippen LogP contribution in [0.1, 0.15) is 38.4 Å². The Morgan fingerprint density at radius 3 is 2.34 bits per heavy atom. The van der Waals surface area contributed by atoms with E-state index in [1.165, 1.54) is 0 Å². The van der Waals surface area contributed by atoms with Gasteiger partial charge >= 0.3 is 0 Å². The zero-order valence-corrected chi connectivity index (χ0v) is 17.2. The number of nitrogens with zero attached hydrogens (tertiary/aromatic N) is 3. The van der Waals surface area contributed by atoms with Crippen LogP contribution in [0.4, 0.5) is 5.13 Å². The monoisotopic (exact) mass is 405 g/mol. The van der Waals surface area contributed by atoms with E-state index in [0.29, 0.717) is 29.8 Å². The first-order valence-corrected chi connectivity index (χ1v) is 10.7. The number of ketones is 1. The molecule has 5 nitrogen and oxygen atoms in total. The van der Waals surface area contributed by atoms with Crippen molar-refractivity contribution in [2.24, 2.45) is 0 Å². The van der Waals surface area contributed by atoms with E-state index < -0.39 is 0 Å². The van der Waals surface area contributed by atoms with Crippen LogP contribution in [0.2, 0.25) is 0 Å². The van der Waals surface area contributed by atoms with Crippen LogP contribution in [-0.2, 0) is 0 Å². The van der Waals surface area contributed by atoms with Crippen molar-refractivity contribution in [3.63, 3.8) is 0 Å². The van der Waals surface area contributed by atoms with Crippen molar-refractivity contribution in [1.82, 2.24) is 9.88 Å². The van der Waals surface area contributed by atoms with Crippen LogP contribution in [0.25, 0.3) is 0 Å². The zero-order valence-electron chi connectivity index (χ0n) is 16.4. The highest BCUT2D eigenvalue weighted by Gasteiger charge is 2.25. The minimum atomic E-state index is -0.121. The van der Waals surface area contributed by atoms with E-state index in [1.807, 2.05) is 42.2 Å². The third-order valence-electron chi connectivity index (χ3n) is 5.10. The van der Waals surface area contributed by atoms with Crippen molar-refractivity contribution in [2.45, 2.75) is 13.3 Å². The van der Waals surface area contributed by atoms with Crippen molar-refractivity contribution in [3.8, 4) is 0 Å². The number of hydrogen-bond acceptors (Lipinski definition) is 5. The molecule has 0 spiro atoms. The summed E-state index contributed by atoms with van der Waals surface area (Å²) in [5.74, 6) is -0.202. The summed E-state index contributed by atoms with van der Waals surface area (Å²) >= 11 is 1.64. The second-order valence-corrected chi connectivity index (χ2v) is 7.98. The van der Waals surface area contributed by atoms with Gasteiger partial charge < -0.3 is 9.80 Å². The lowest BCUT2D eigenvalue weighted by Gasteiger charge is -2.22. The normalized spacial score (nSPS) is 14.5. The molecule has 0 unspecified atom stereocenters. The first kappa shape index (κ1) is 19.3. The van der Waals surface area contributed by atoms with E-state index in [9.17, 15) is 9.59 Å². The van der Waals surface area contributed by atoms with Gasteiger partial charge in [0, 0.05) is 42.7 Å². The summed E-state index contributed by atoms with van der Waals surface area (Å²) in [6, 6.07) is 16.2. The van der Waals surface area contributed by atoms with E-state index in [4.69, 9.17) is 0 Å². The van der Waals surface area contributed by atoms with E-state index in [2.05, 4.69) is 15.3 Å². The number of aryl methyl sites for hydroxylation is 1. The van der Waals surface area contributed by atoms with Crippen LogP contribution in [0.3, 0.4) is 0 Å². The fraction of sp³-hybridized carbons (Fsp3) is 0.261. The third kappa shape index (κ3) is 4.22. The van der Waals surface area contributed by atoms with Gasteiger partial charge in [-0.25, -0.2) is 4.98 Å². The smallest absolute Gasteiger partial charge is 0.254 e. The summed E-state index contributed by atoms with van der Waals surface area (Å²) in [6.45, 7) is 4.90. The summed E-state index contributed by atoms with van der Waals surface area (Å²) in [7, 11) is 0. The van der Waals surface area contributed by atoms with Crippen molar-refractivity contribution in [2.75, 3.05) is 31.1 Å². The van der Waals surface area contributed by atoms with Gasteiger partial charge in [0.05, 0.1) is 11.3 Å². The van der Waals surface area contributed by atoms with Gasteiger partial charge in [-0.15, -0.1) is 11.3 Å². The largest absolute Gasteiger partial charge is 0.346 e. The molecule has 4 rings (SSSR count). The van der Waals surface area contributed by atoms with E-state index in [1.54, 1.807) is 35.6 Å². The molecule has 0 atom stereocenters. The summed E-state index contributed by atoms with van der Waals surface area (Å²) in [4.78, 5) is 34.9. The number of hydrogen-bond donors (Lipinski definition) is 0. The molecule has 29 heavy (non-hydrogen) atoms. The molecule has 0 radical (unpaired) electrons. The second-order valence-electron chi connectivity index (χ2n) is 7.14. The summed E-state index contributed by atoms with van der Waals surface area (Å²) < 4.78 is 0. The summed E-state index contributed by atoms with van der Waals surface area (Å²) in [6.07, 6.45) is 0.874. The van der Waals surface area contributed by atoms with Crippen molar-refractivity contribution in [1.29, 1.82) is 0 Å². The lowest BCUT2D eigenvalue weighted by molar-refractivity contribution is 0.0762. The Morgan fingerprint density at radius 2 is 1.62 bits per heavy atom. The fourth-order valence-corrected chi connectivity index (χ4v) is 4.44. The number of aromatic nitrogens is 1. The van der Waals surface area contributed by atoms with E-state index >= 15 is 0 Å². The van der Waals surface area contributed by atoms with Gasteiger partial charge in [-0.05, 0) is 19.4 Å². The van der Waals surface area contributed by atoms with Crippen LogP contribution >= 0.6 is 11.3 Å². The Kier molecular flexibility index (Phi) is 5.71. The van der Waals surface area contributed by atoms with E-state index in [-0.39, 0.29) is 11.7 Å². The number of amides is 1. The maximum atomic E-state index is 13.3. The Morgan fingerprint density at radius 1 is 0.897 bits per heavy atom. The quantitative estimate of drug-likeness (QED) is 0.615. The molecule has 2 heterocycles. The average Bonchev–Trinajstić information content (AvgIpc) is 3.05. The second kappa shape index (κ2) is 8.57. The molecule has 0 aliphatic carbocycles. The van der Waals surface area contributed by atoms with Crippen LogP contribution < -0.4 is 4.90 Å². The van der Waals surface area contributed by atoms with Gasteiger partial charge in [-0.1, -0.05) is 48.5 Å². The number of benzene rings is 2. The van der Waals surface area contributed by atoms with Crippen LogP contribution in [0.15, 0.2) is 60.0 Å². The van der Waals surface area contributed by atoms with Gasteiger partial charge in [0.25, 0.3) is 5.91 Å². The summed E-state index contributed by atoms with van der Waals surface area (Å²) in [5, 5.41) is 3.06. The van der Waals surface area contributed by atoms with Crippen LogP contribution in [-0.4, -0.2) is 47.8 Å². The molecule has 1 aliphatic rings. The molecule has 0 saturated carbocycles. The molecule has 2 aromatic carbocycles. The fourth-order valence-electron chi connectivity index (χ4n) is 3.58. The van der Waals surface area contributed by atoms with Gasteiger partial charge in [0.15, 0.2) is 10.9 Å². The van der Waals surface area contributed by atoms with E-state index in [0.717, 1.165) is 30.3 Å². The van der Waals surface area contributed by atoms with Gasteiger partial charge in [0.2, 0.25) is 0 Å². The molecule has 1 amide bonds. The number of thiazole rings is 1. The Hall–Kier alpha value is -2.99. The molecule has 1 aliphatic heterocycles. The predicted molar refractivity (Wildman–Crippen MR) is 116 cm³/mol. The Balaban J connectivity index is 1.53. The highest BCUT2D eigenvalue weighted by molar-refractivity contribution is 7.13.